The number of benzene rings is 1. The van der Waals surface area contributed by atoms with Gasteiger partial charge in [0, 0.05) is 36.0 Å². The van der Waals surface area contributed by atoms with Gasteiger partial charge in [0.2, 0.25) is 0 Å². The fraction of sp³-hybridized carbons (Fsp3) is 0.429. The van der Waals surface area contributed by atoms with Gasteiger partial charge >= 0.3 is 0 Å². The first-order valence-corrected chi connectivity index (χ1v) is 9.01. The number of pyridine rings is 1. The Bertz CT molecular complexity index is 693. The summed E-state index contributed by atoms with van der Waals surface area (Å²) in [6.45, 7) is 9.74. The molecule has 1 aromatic heterocycles. The van der Waals surface area contributed by atoms with Crippen molar-refractivity contribution in [3.63, 3.8) is 0 Å². The van der Waals surface area contributed by atoms with E-state index in [1.54, 1.807) is 0 Å². The van der Waals surface area contributed by atoms with Crippen molar-refractivity contribution in [3.05, 3.63) is 47.7 Å². The summed E-state index contributed by atoms with van der Waals surface area (Å²) in [6.07, 6.45) is 1.91. The van der Waals surface area contributed by atoms with Crippen molar-refractivity contribution in [1.82, 2.24) is 9.88 Å². The van der Waals surface area contributed by atoms with Crippen LogP contribution in [0.2, 0.25) is 0 Å². The van der Waals surface area contributed by atoms with Gasteiger partial charge in [-0.3, -0.25) is 9.78 Å². The molecule has 0 spiro atoms. The molecule has 0 aliphatic rings. The average molecular weight is 340 g/mol. The Balaban J connectivity index is 2.16. The lowest BCUT2D eigenvalue weighted by atomic mass is 10.1. The molecule has 4 heteroatoms. The van der Waals surface area contributed by atoms with Gasteiger partial charge in [-0.25, -0.2) is 0 Å². The molecule has 2 aromatic rings. The molecule has 1 heterocycles. The van der Waals surface area contributed by atoms with Gasteiger partial charge < -0.3 is 9.64 Å². The van der Waals surface area contributed by atoms with Crippen LogP contribution < -0.4 is 4.74 Å². The van der Waals surface area contributed by atoms with Gasteiger partial charge in [0.25, 0.3) is 5.91 Å². The fourth-order valence-corrected chi connectivity index (χ4v) is 2.75. The predicted octanol–water partition coefficient (Wildman–Crippen LogP) is 4.39. The molecule has 0 N–H and O–H groups in total. The molecule has 1 amide bonds. The van der Waals surface area contributed by atoms with Crippen molar-refractivity contribution in [1.29, 1.82) is 0 Å². The molecule has 0 fully saturated rings. The third-order valence-corrected chi connectivity index (χ3v) is 4.23. The summed E-state index contributed by atoms with van der Waals surface area (Å²) in [5.74, 6) is 0.770. The highest BCUT2D eigenvalue weighted by Crippen LogP contribution is 2.27. The van der Waals surface area contributed by atoms with E-state index in [-0.39, 0.29) is 12.5 Å². The molecule has 1 aromatic carbocycles. The maximum Gasteiger partial charge on any atom is 0.260 e. The second kappa shape index (κ2) is 9.21. The highest BCUT2D eigenvalue weighted by Gasteiger charge is 2.15. The average Bonchev–Trinajstić information content (AvgIpc) is 2.63. The highest BCUT2D eigenvalue weighted by atomic mass is 16.5. The number of amides is 1. The molecule has 0 radical (unpaired) electrons. The smallest absolute Gasteiger partial charge is 0.260 e. The SMILES string of the molecule is CCCN(CCC)C(=O)COc1cc(-c2ccccc2)nc(C)c1C. The van der Waals surface area contributed by atoms with Crippen LogP contribution in [0.25, 0.3) is 11.3 Å². The summed E-state index contributed by atoms with van der Waals surface area (Å²) < 4.78 is 5.88. The lowest BCUT2D eigenvalue weighted by molar-refractivity contribution is -0.133. The topological polar surface area (TPSA) is 42.4 Å². The molecule has 4 nitrogen and oxygen atoms in total. The Kier molecular flexibility index (Phi) is 6.99. The molecule has 0 saturated carbocycles. The number of nitrogens with zero attached hydrogens (tertiary/aromatic N) is 2. The van der Waals surface area contributed by atoms with E-state index < -0.39 is 0 Å². The van der Waals surface area contributed by atoms with Crippen molar-refractivity contribution in [2.75, 3.05) is 19.7 Å². The number of hydrogen-bond donors (Lipinski definition) is 0. The van der Waals surface area contributed by atoms with Gasteiger partial charge in [-0.1, -0.05) is 44.2 Å². The van der Waals surface area contributed by atoms with Crippen molar-refractivity contribution in [3.8, 4) is 17.0 Å². The lowest BCUT2D eigenvalue weighted by Crippen LogP contribution is -2.36. The molecule has 134 valence electrons. The Morgan fingerprint density at radius 2 is 1.72 bits per heavy atom. The molecular formula is C21H28N2O2. The van der Waals surface area contributed by atoms with Crippen molar-refractivity contribution < 1.29 is 9.53 Å². The van der Waals surface area contributed by atoms with E-state index in [0.29, 0.717) is 0 Å². The molecule has 2 rings (SSSR count). The number of ether oxygens (including phenoxy) is 1. The van der Waals surface area contributed by atoms with Crippen LogP contribution >= 0.6 is 0 Å². The van der Waals surface area contributed by atoms with Crippen LogP contribution in [0.5, 0.6) is 5.75 Å². The van der Waals surface area contributed by atoms with E-state index in [1.807, 2.05) is 55.1 Å². The Morgan fingerprint density at radius 3 is 2.32 bits per heavy atom. The Labute approximate surface area is 150 Å². The van der Waals surface area contributed by atoms with Crippen LogP contribution in [-0.4, -0.2) is 35.5 Å². The molecule has 0 bridgehead atoms. The number of aromatic nitrogens is 1. The van der Waals surface area contributed by atoms with Gasteiger partial charge in [-0.05, 0) is 26.7 Å². The summed E-state index contributed by atoms with van der Waals surface area (Å²) in [5, 5.41) is 0. The van der Waals surface area contributed by atoms with Gasteiger partial charge in [0.1, 0.15) is 5.75 Å². The van der Waals surface area contributed by atoms with Crippen molar-refractivity contribution >= 4 is 5.91 Å². The first kappa shape index (κ1) is 19.0. The number of carbonyl (C=O) groups excluding carboxylic acids is 1. The second-order valence-electron chi connectivity index (χ2n) is 6.25. The zero-order chi connectivity index (χ0) is 18.2. The quantitative estimate of drug-likeness (QED) is 0.715. The standard InChI is InChI=1S/C21H28N2O2/c1-5-12-23(13-6-2)21(24)15-25-20-14-19(22-17(4)16(20)3)18-10-8-7-9-11-18/h7-11,14H,5-6,12-13,15H2,1-4H3. The van der Waals surface area contributed by atoms with Gasteiger partial charge in [0.15, 0.2) is 6.61 Å². The Morgan fingerprint density at radius 1 is 1.08 bits per heavy atom. The minimum Gasteiger partial charge on any atom is -0.483 e. The van der Waals surface area contributed by atoms with Gasteiger partial charge in [-0.15, -0.1) is 0 Å². The van der Waals surface area contributed by atoms with E-state index in [1.165, 1.54) is 0 Å². The normalized spacial score (nSPS) is 10.6. The van der Waals surface area contributed by atoms with Crippen LogP contribution in [0.4, 0.5) is 0 Å². The van der Waals surface area contributed by atoms with Crippen LogP contribution in [0.1, 0.15) is 37.9 Å². The first-order valence-electron chi connectivity index (χ1n) is 9.01. The third-order valence-electron chi connectivity index (χ3n) is 4.23. The zero-order valence-corrected chi connectivity index (χ0v) is 15.7. The van der Waals surface area contributed by atoms with Crippen molar-refractivity contribution in [2.24, 2.45) is 0 Å². The summed E-state index contributed by atoms with van der Waals surface area (Å²) in [4.78, 5) is 19.0. The summed E-state index contributed by atoms with van der Waals surface area (Å²) >= 11 is 0. The number of aryl methyl sites for hydroxylation is 1. The van der Waals surface area contributed by atoms with Gasteiger partial charge in [0.05, 0.1) is 5.69 Å². The van der Waals surface area contributed by atoms with E-state index >= 15 is 0 Å². The predicted molar refractivity (Wildman–Crippen MR) is 102 cm³/mol. The minimum absolute atomic E-state index is 0.0406. The monoisotopic (exact) mass is 340 g/mol. The third kappa shape index (κ3) is 5.05. The highest BCUT2D eigenvalue weighted by molar-refractivity contribution is 5.78. The molecule has 0 aliphatic carbocycles. The first-order chi connectivity index (χ1) is 12.1. The van der Waals surface area contributed by atoms with Gasteiger partial charge in [-0.2, -0.15) is 0 Å². The van der Waals surface area contributed by atoms with Crippen LogP contribution in [0, 0.1) is 13.8 Å². The van der Waals surface area contributed by atoms with Crippen LogP contribution in [0.15, 0.2) is 36.4 Å². The molecule has 0 unspecified atom stereocenters. The number of rotatable bonds is 8. The summed E-state index contributed by atoms with van der Waals surface area (Å²) in [6, 6.07) is 11.9. The minimum atomic E-state index is 0.0406. The molecular weight excluding hydrogens is 312 g/mol. The van der Waals surface area contributed by atoms with E-state index in [4.69, 9.17) is 4.74 Å². The largest absolute Gasteiger partial charge is 0.483 e. The summed E-state index contributed by atoms with van der Waals surface area (Å²) in [5.41, 5.74) is 3.80. The maximum atomic E-state index is 12.4. The zero-order valence-electron chi connectivity index (χ0n) is 15.7. The summed E-state index contributed by atoms with van der Waals surface area (Å²) in [7, 11) is 0. The molecule has 0 aliphatic heterocycles. The number of carbonyl (C=O) groups is 1. The lowest BCUT2D eigenvalue weighted by Gasteiger charge is -2.22. The maximum absolute atomic E-state index is 12.4. The van der Waals surface area contributed by atoms with E-state index in [9.17, 15) is 4.79 Å². The van der Waals surface area contributed by atoms with Crippen LogP contribution in [-0.2, 0) is 4.79 Å². The van der Waals surface area contributed by atoms with E-state index in [0.717, 1.165) is 54.2 Å². The van der Waals surface area contributed by atoms with Crippen LogP contribution in [0.3, 0.4) is 0 Å². The molecule has 25 heavy (non-hydrogen) atoms. The van der Waals surface area contributed by atoms with Crippen molar-refractivity contribution in [2.45, 2.75) is 40.5 Å². The van der Waals surface area contributed by atoms with E-state index in [2.05, 4.69) is 18.8 Å². The second-order valence-corrected chi connectivity index (χ2v) is 6.25. The Hall–Kier alpha value is -2.36. The fourth-order valence-electron chi connectivity index (χ4n) is 2.75. The number of hydrogen-bond acceptors (Lipinski definition) is 3. The molecule has 0 saturated heterocycles. The molecule has 0 atom stereocenters.